The molecule has 0 aromatic rings. The van der Waals surface area contributed by atoms with Gasteiger partial charge < -0.3 is 20.4 Å². The molecule has 0 radical (unpaired) electrons. The van der Waals surface area contributed by atoms with E-state index in [0.29, 0.717) is 0 Å². The number of aliphatic hydroxyl groups excluding tert-OH is 2. The molecule has 0 saturated carbocycles. The Kier molecular flexibility index (Phi) is 2.76. The summed E-state index contributed by atoms with van der Waals surface area (Å²) < 4.78 is 0. The van der Waals surface area contributed by atoms with Gasteiger partial charge in [-0.3, -0.25) is 9.59 Å². The highest BCUT2D eigenvalue weighted by Gasteiger charge is 2.38. The first-order valence-corrected chi connectivity index (χ1v) is 3.98. The molecule has 0 aromatic carbocycles. The summed E-state index contributed by atoms with van der Waals surface area (Å²) in [5.74, 6) is -5.57. The number of aliphatic hydroxyl groups is 2. The van der Waals surface area contributed by atoms with Crippen molar-refractivity contribution in [2.24, 2.45) is 11.8 Å². The maximum absolute atomic E-state index is 10.6. The van der Waals surface area contributed by atoms with E-state index >= 15 is 0 Å². The Labute approximate surface area is 79.1 Å². The van der Waals surface area contributed by atoms with Crippen LogP contribution in [0.5, 0.6) is 0 Å². The van der Waals surface area contributed by atoms with Crippen LogP contribution in [0.4, 0.5) is 0 Å². The Morgan fingerprint density at radius 2 is 1.86 bits per heavy atom. The van der Waals surface area contributed by atoms with Gasteiger partial charge in [0.25, 0.3) is 0 Å². The normalized spacial score (nSPS) is 32.1. The van der Waals surface area contributed by atoms with Crippen molar-refractivity contribution in [3.8, 4) is 0 Å². The van der Waals surface area contributed by atoms with Crippen molar-refractivity contribution in [2.45, 2.75) is 12.5 Å². The van der Waals surface area contributed by atoms with Crippen LogP contribution in [0.1, 0.15) is 6.42 Å². The van der Waals surface area contributed by atoms with E-state index < -0.39 is 35.6 Å². The monoisotopic (exact) mass is 202 g/mol. The van der Waals surface area contributed by atoms with Gasteiger partial charge >= 0.3 is 11.9 Å². The predicted molar refractivity (Wildman–Crippen MR) is 43.6 cm³/mol. The summed E-state index contributed by atoms with van der Waals surface area (Å²) in [6.07, 6.45) is -0.698. The first-order valence-electron chi connectivity index (χ1n) is 3.98. The highest BCUT2D eigenvalue weighted by atomic mass is 16.4. The van der Waals surface area contributed by atoms with Gasteiger partial charge in [0.1, 0.15) is 11.9 Å². The number of carboxylic acid groups (broad SMARTS) is 2. The van der Waals surface area contributed by atoms with Crippen LogP contribution in [0.2, 0.25) is 0 Å². The second-order valence-corrected chi connectivity index (χ2v) is 3.15. The SMILES string of the molecule is O=C(O)C1C=C(O)C(O)CC1C(=O)O. The Morgan fingerprint density at radius 3 is 2.29 bits per heavy atom. The van der Waals surface area contributed by atoms with Gasteiger partial charge in [-0.25, -0.2) is 0 Å². The van der Waals surface area contributed by atoms with Gasteiger partial charge in [-0.2, -0.15) is 0 Å². The van der Waals surface area contributed by atoms with Crippen LogP contribution >= 0.6 is 0 Å². The van der Waals surface area contributed by atoms with E-state index in [9.17, 15) is 9.59 Å². The van der Waals surface area contributed by atoms with Crippen molar-refractivity contribution < 1.29 is 30.0 Å². The Hall–Kier alpha value is -1.56. The molecule has 0 heterocycles. The smallest absolute Gasteiger partial charge is 0.311 e. The Balaban J connectivity index is 2.97. The second-order valence-electron chi connectivity index (χ2n) is 3.15. The van der Waals surface area contributed by atoms with Crippen molar-refractivity contribution in [3.05, 3.63) is 11.8 Å². The van der Waals surface area contributed by atoms with Crippen LogP contribution in [0.25, 0.3) is 0 Å². The van der Waals surface area contributed by atoms with E-state index in [0.717, 1.165) is 6.08 Å². The summed E-state index contributed by atoms with van der Waals surface area (Å²) in [5.41, 5.74) is 0. The lowest BCUT2D eigenvalue weighted by Crippen LogP contribution is -2.36. The van der Waals surface area contributed by atoms with Gasteiger partial charge in [0.2, 0.25) is 0 Å². The summed E-state index contributed by atoms with van der Waals surface area (Å²) in [6, 6.07) is 0. The molecule has 0 amide bonds. The van der Waals surface area contributed by atoms with Gasteiger partial charge in [-0.15, -0.1) is 0 Å². The molecule has 0 bridgehead atoms. The maximum atomic E-state index is 10.6. The summed E-state index contributed by atoms with van der Waals surface area (Å²) >= 11 is 0. The highest BCUT2D eigenvalue weighted by molar-refractivity contribution is 5.82. The van der Waals surface area contributed by atoms with Crippen LogP contribution in [-0.4, -0.2) is 38.5 Å². The zero-order chi connectivity index (χ0) is 10.9. The molecule has 1 rings (SSSR count). The first kappa shape index (κ1) is 10.5. The molecule has 6 heteroatoms. The van der Waals surface area contributed by atoms with Gasteiger partial charge in [-0.1, -0.05) is 0 Å². The quantitative estimate of drug-likeness (QED) is 0.484. The van der Waals surface area contributed by atoms with Crippen LogP contribution < -0.4 is 0 Å². The molecular weight excluding hydrogens is 192 g/mol. The van der Waals surface area contributed by atoms with Gasteiger partial charge in [0, 0.05) is 0 Å². The number of aliphatic carboxylic acids is 2. The summed E-state index contributed by atoms with van der Waals surface area (Å²) in [5, 5.41) is 35.5. The first-order chi connectivity index (χ1) is 6.43. The molecular formula is C8H10O6. The predicted octanol–water partition coefficient (Wildman–Crippen LogP) is -0.406. The topological polar surface area (TPSA) is 115 Å². The van der Waals surface area contributed by atoms with Gasteiger partial charge in [0.15, 0.2) is 0 Å². The fraction of sp³-hybridized carbons (Fsp3) is 0.500. The fourth-order valence-corrected chi connectivity index (χ4v) is 1.42. The standard InChI is InChI=1S/C8H10O6/c9-5-1-3(7(11)12)4(8(13)14)2-6(5)10/h1,3-4,6,9-10H,2H2,(H,11,12)(H,13,14). The maximum Gasteiger partial charge on any atom is 0.311 e. The van der Waals surface area contributed by atoms with Gasteiger partial charge in [0.05, 0.1) is 11.8 Å². The van der Waals surface area contributed by atoms with Crippen molar-refractivity contribution in [1.29, 1.82) is 0 Å². The largest absolute Gasteiger partial charge is 0.510 e. The van der Waals surface area contributed by atoms with Crippen molar-refractivity contribution in [3.63, 3.8) is 0 Å². The molecule has 6 nitrogen and oxygen atoms in total. The minimum atomic E-state index is -1.32. The Morgan fingerprint density at radius 1 is 1.29 bits per heavy atom. The molecule has 0 fully saturated rings. The number of hydrogen-bond acceptors (Lipinski definition) is 4. The third-order valence-corrected chi connectivity index (χ3v) is 2.20. The van der Waals surface area contributed by atoms with Crippen LogP contribution in [0, 0.1) is 11.8 Å². The van der Waals surface area contributed by atoms with Crippen LogP contribution in [-0.2, 0) is 9.59 Å². The average molecular weight is 202 g/mol. The second kappa shape index (κ2) is 3.67. The molecule has 0 saturated heterocycles. The number of rotatable bonds is 2. The molecule has 4 N–H and O–H groups in total. The lowest BCUT2D eigenvalue weighted by Gasteiger charge is -2.25. The molecule has 78 valence electrons. The van der Waals surface area contributed by atoms with Crippen molar-refractivity contribution >= 4 is 11.9 Å². The molecule has 0 aromatic heterocycles. The van der Waals surface area contributed by atoms with E-state index in [2.05, 4.69) is 0 Å². The lowest BCUT2D eigenvalue weighted by atomic mass is 9.82. The lowest BCUT2D eigenvalue weighted by molar-refractivity contribution is -0.153. The van der Waals surface area contributed by atoms with E-state index in [4.69, 9.17) is 20.4 Å². The zero-order valence-electron chi connectivity index (χ0n) is 7.12. The third-order valence-electron chi connectivity index (χ3n) is 2.20. The van der Waals surface area contributed by atoms with E-state index in [1.807, 2.05) is 0 Å². The summed E-state index contributed by atoms with van der Waals surface area (Å²) in [7, 11) is 0. The number of carboxylic acids is 2. The zero-order valence-corrected chi connectivity index (χ0v) is 7.12. The minimum Gasteiger partial charge on any atom is -0.510 e. The summed E-state index contributed by atoms with van der Waals surface area (Å²) in [4.78, 5) is 21.3. The fourth-order valence-electron chi connectivity index (χ4n) is 1.42. The van der Waals surface area contributed by atoms with Crippen LogP contribution in [0.15, 0.2) is 11.8 Å². The molecule has 3 unspecified atom stereocenters. The molecule has 14 heavy (non-hydrogen) atoms. The third kappa shape index (κ3) is 1.85. The van der Waals surface area contributed by atoms with Crippen LogP contribution in [0.3, 0.4) is 0 Å². The molecule has 1 aliphatic carbocycles. The van der Waals surface area contributed by atoms with E-state index in [1.165, 1.54) is 0 Å². The highest BCUT2D eigenvalue weighted by Crippen LogP contribution is 2.28. The minimum absolute atomic E-state index is 0.283. The average Bonchev–Trinajstić information content (AvgIpc) is 2.08. The molecule has 3 atom stereocenters. The van der Waals surface area contributed by atoms with E-state index in [1.54, 1.807) is 0 Å². The van der Waals surface area contributed by atoms with Crippen molar-refractivity contribution in [1.82, 2.24) is 0 Å². The number of hydrogen-bond donors (Lipinski definition) is 4. The summed E-state index contributed by atoms with van der Waals surface area (Å²) in [6.45, 7) is 0. The Bertz CT molecular complexity index is 294. The molecule has 0 aliphatic heterocycles. The number of carbonyl (C=O) groups is 2. The molecule has 1 aliphatic rings. The molecule has 0 spiro atoms. The van der Waals surface area contributed by atoms with E-state index in [-0.39, 0.29) is 6.42 Å². The van der Waals surface area contributed by atoms with Gasteiger partial charge in [-0.05, 0) is 12.5 Å². The van der Waals surface area contributed by atoms with Crippen molar-refractivity contribution in [2.75, 3.05) is 0 Å².